The number of amides is 1. The van der Waals surface area contributed by atoms with E-state index in [4.69, 9.17) is 4.74 Å². The number of thiophene rings is 1. The summed E-state index contributed by atoms with van der Waals surface area (Å²) in [6, 6.07) is 5.85. The van der Waals surface area contributed by atoms with Gasteiger partial charge in [-0.3, -0.25) is 14.9 Å². The molecule has 0 radical (unpaired) electrons. The molecule has 144 valence electrons. The molecular weight excluding hydrogens is 382 g/mol. The SMILES string of the molecule is COc1cc(/C=C/C(=O)NCCc2cccs2)c([N+](=O)[O-])cc1OC(F)F. The normalized spacial score (nSPS) is 11.0. The minimum atomic E-state index is -3.16. The summed E-state index contributed by atoms with van der Waals surface area (Å²) >= 11 is 1.58. The lowest BCUT2D eigenvalue weighted by atomic mass is 10.1. The molecule has 0 saturated carbocycles. The monoisotopic (exact) mass is 398 g/mol. The zero-order valence-electron chi connectivity index (χ0n) is 14.2. The topological polar surface area (TPSA) is 90.7 Å². The molecule has 0 aliphatic heterocycles. The molecule has 1 heterocycles. The van der Waals surface area contributed by atoms with Gasteiger partial charge in [-0.1, -0.05) is 6.07 Å². The molecule has 0 atom stereocenters. The molecule has 2 rings (SSSR count). The van der Waals surface area contributed by atoms with E-state index >= 15 is 0 Å². The van der Waals surface area contributed by atoms with Gasteiger partial charge < -0.3 is 14.8 Å². The highest BCUT2D eigenvalue weighted by atomic mass is 32.1. The van der Waals surface area contributed by atoms with Crippen molar-refractivity contribution in [2.75, 3.05) is 13.7 Å². The number of carbonyl (C=O) groups is 1. The third kappa shape index (κ3) is 6.03. The third-order valence-electron chi connectivity index (χ3n) is 3.39. The second-order valence-electron chi connectivity index (χ2n) is 5.15. The van der Waals surface area contributed by atoms with Crippen LogP contribution in [0.5, 0.6) is 11.5 Å². The van der Waals surface area contributed by atoms with Crippen molar-refractivity contribution >= 4 is 29.0 Å². The van der Waals surface area contributed by atoms with Crippen LogP contribution in [0.15, 0.2) is 35.7 Å². The summed E-state index contributed by atoms with van der Waals surface area (Å²) in [6.45, 7) is -2.75. The lowest BCUT2D eigenvalue weighted by Crippen LogP contribution is -2.23. The fraction of sp³-hybridized carbons (Fsp3) is 0.235. The molecule has 0 saturated heterocycles. The van der Waals surface area contributed by atoms with E-state index in [1.54, 1.807) is 11.3 Å². The maximum absolute atomic E-state index is 12.4. The van der Waals surface area contributed by atoms with E-state index in [2.05, 4.69) is 10.1 Å². The van der Waals surface area contributed by atoms with Crippen molar-refractivity contribution in [3.05, 3.63) is 56.3 Å². The second kappa shape index (κ2) is 9.62. The summed E-state index contributed by atoms with van der Waals surface area (Å²) in [5.41, 5.74) is -0.471. The summed E-state index contributed by atoms with van der Waals surface area (Å²) in [5, 5.41) is 15.8. The van der Waals surface area contributed by atoms with Crippen LogP contribution < -0.4 is 14.8 Å². The zero-order valence-corrected chi connectivity index (χ0v) is 15.0. The number of nitro benzene ring substituents is 1. The average Bonchev–Trinajstić information content (AvgIpc) is 3.13. The Kier molecular flexibility index (Phi) is 7.24. The standard InChI is InChI=1S/C17H16F2N2O5S/c1-25-14-9-11(13(21(23)24)10-15(14)26-17(18)19)4-5-16(22)20-7-6-12-3-2-8-27-12/h2-5,8-10,17H,6-7H2,1H3,(H,20,22)/b5-4+. The van der Waals surface area contributed by atoms with E-state index in [0.29, 0.717) is 13.0 Å². The number of ether oxygens (including phenoxy) is 2. The Labute approximate surface area is 157 Å². The van der Waals surface area contributed by atoms with Gasteiger partial charge in [0.15, 0.2) is 11.5 Å². The van der Waals surface area contributed by atoms with Gasteiger partial charge in [-0.05, 0) is 30.0 Å². The van der Waals surface area contributed by atoms with Crippen molar-refractivity contribution in [3.8, 4) is 11.5 Å². The van der Waals surface area contributed by atoms with Crippen molar-refractivity contribution < 1.29 is 28.0 Å². The number of methoxy groups -OCH3 is 1. The van der Waals surface area contributed by atoms with Crippen molar-refractivity contribution in [1.29, 1.82) is 0 Å². The van der Waals surface area contributed by atoms with Crippen LogP contribution in [0, 0.1) is 10.1 Å². The van der Waals surface area contributed by atoms with Crippen LogP contribution in [0.25, 0.3) is 6.08 Å². The second-order valence-corrected chi connectivity index (χ2v) is 6.18. The summed E-state index contributed by atoms with van der Waals surface area (Å²) in [5.74, 6) is -1.01. The van der Waals surface area contributed by atoms with Gasteiger partial charge in [-0.25, -0.2) is 0 Å². The number of nitrogens with zero attached hydrogens (tertiary/aromatic N) is 1. The first-order chi connectivity index (χ1) is 12.9. The van der Waals surface area contributed by atoms with Crippen LogP contribution >= 0.6 is 11.3 Å². The van der Waals surface area contributed by atoms with Crippen LogP contribution in [0.3, 0.4) is 0 Å². The molecule has 0 spiro atoms. The largest absolute Gasteiger partial charge is 0.493 e. The first-order valence-electron chi connectivity index (χ1n) is 7.70. The zero-order chi connectivity index (χ0) is 19.8. The Balaban J connectivity index is 2.11. The van der Waals surface area contributed by atoms with Gasteiger partial charge >= 0.3 is 6.61 Å². The van der Waals surface area contributed by atoms with Crippen molar-refractivity contribution in [3.63, 3.8) is 0 Å². The van der Waals surface area contributed by atoms with Crippen molar-refractivity contribution in [2.24, 2.45) is 0 Å². The summed E-state index contributed by atoms with van der Waals surface area (Å²) in [4.78, 5) is 23.4. The number of hydrogen-bond acceptors (Lipinski definition) is 6. The van der Waals surface area contributed by atoms with E-state index in [9.17, 15) is 23.7 Å². The highest BCUT2D eigenvalue weighted by Crippen LogP contribution is 2.36. The molecular formula is C17H16F2N2O5S. The number of benzene rings is 1. The number of halogens is 2. The highest BCUT2D eigenvalue weighted by Gasteiger charge is 2.20. The molecule has 0 bridgehead atoms. The van der Waals surface area contributed by atoms with Crippen LogP contribution in [-0.4, -0.2) is 31.1 Å². The average molecular weight is 398 g/mol. The number of hydrogen-bond donors (Lipinski definition) is 1. The predicted octanol–water partition coefficient (Wildman–Crippen LogP) is 3.64. The molecule has 0 aliphatic carbocycles. The number of rotatable bonds is 9. The first kappa shape index (κ1) is 20.3. The van der Waals surface area contributed by atoms with Gasteiger partial charge in [0.05, 0.1) is 23.7 Å². The Morgan fingerprint density at radius 1 is 1.41 bits per heavy atom. The molecule has 0 unspecified atom stereocenters. The Bertz CT molecular complexity index is 825. The van der Waals surface area contributed by atoms with Crippen LogP contribution in [0.4, 0.5) is 14.5 Å². The molecule has 1 amide bonds. The van der Waals surface area contributed by atoms with Crippen LogP contribution in [0.2, 0.25) is 0 Å². The Morgan fingerprint density at radius 3 is 2.78 bits per heavy atom. The summed E-state index contributed by atoms with van der Waals surface area (Å²) in [7, 11) is 1.21. The van der Waals surface area contributed by atoms with Gasteiger partial charge in [0.25, 0.3) is 5.69 Å². The lowest BCUT2D eigenvalue weighted by molar-refractivity contribution is -0.385. The summed E-state index contributed by atoms with van der Waals surface area (Å²) in [6.07, 6.45) is 3.02. The number of carbonyl (C=O) groups excluding carboxylic acids is 1. The van der Waals surface area contributed by atoms with Crippen LogP contribution in [0.1, 0.15) is 10.4 Å². The van der Waals surface area contributed by atoms with Crippen LogP contribution in [-0.2, 0) is 11.2 Å². The van der Waals surface area contributed by atoms with E-state index in [0.717, 1.165) is 23.1 Å². The molecule has 1 aromatic heterocycles. The lowest BCUT2D eigenvalue weighted by Gasteiger charge is -2.10. The minimum absolute atomic E-state index is 0.0203. The third-order valence-corrected chi connectivity index (χ3v) is 4.33. The van der Waals surface area contributed by atoms with Gasteiger partial charge in [0.2, 0.25) is 5.91 Å². The first-order valence-corrected chi connectivity index (χ1v) is 8.58. The molecule has 10 heteroatoms. The van der Waals surface area contributed by atoms with E-state index < -0.39 is 28.9 Å². The quantitative estimate of drug-likeness (QED) is 0.396. The molecule has 1 aromatic carbocycles. The number of nitrogens with one attached hydrogen (secondary N) is 1. The van der Waals surface area contributed by atoms with Gasteiger partial charge in [-0.2, -0.15) is 8.78 Å². The Morgan fingerprint density at radius 2 is 2.19 bits per heavy atom. The molecule has 7 nitrogen and oxygen atoms in total. The smallest absolute Gasteiger partial charge is 0.387 e. The Hall–Kier alpha value is -3.01. The molecule has 0 aliphatic rings. The minimum Gasteiger partial charge on any atom is -0.493 e. The fourth-order valence-corrected chi connectivity index (χ4v) is 2.90. The maximum Gasteiger partial charge on any atom is 0.387 e. The highest BCUT2D eigenvalue weighted by molar-refractivity contribution is 7.09. The molecule has 1 N–H and O–H groups in total. The van der Waals surface area contributed by atoms with Crippen molar-refractivity contribution in [1.82, 2.24) is 5.32 Å². The molecule has 2 aromatic rings. The predicted molar refractivity (Wildman–Crippen MR) is 96.3 cm³/mol. The molecule has 27 heavy (non-hydrogen) atoms. The van der Waals surface area contributed by atoms with E-state index in [1.165, 1.54) is 13.2 Å². The fourth-order valence-electron chi connectivity index (χ4n) is 2.19. The van der Waals surface area contributed by atoms with Gasteiger partial charge in [0, 0.05) is 17.5 Å². The summed E-state index contributed by atoms with van der Waals surface area (Å²) < 4.78 is 34.0. The number of nitro groups is 1. The molecule has 0 fully saturated rings. The van der Waals surface area contributed by atoms with E-state index in [-0.39, 0.29) is 11.3 Å². The maximum atomic E-state index is 12.4. The van der Waals surface area contributed by atoms with Gasteiger partial charge in [0.1, 0.15) is 0 Å². The van der Waals surface area contributed by atoms with E-state index in [1.807, 2.05) is 17.5 Å². The van der Waals surface area contributed by atoms with Crippen molar-refractivity contribution in [2.45, 2.75) is 13.0 Å². The van der Waals surface area contributed by atoms with Gasteiger partial charge in [-0.15, -0.1) is 11.3 Å². The number of alkyl halides is 2.